The van der Waals surface area contributed by atoms with Crippen LogP contribution in [0.15, 0.2) is 36.9 Å². The van der Waals surface area contributed by atoms with Gasteiger partial charge in [0.05, 0.1) is 11.7 Å². The Balaban J connectivity index is 1.48. The van der Waals surface area contributed by atoms with Crippen LogP contribution in [0.2, 0.25) is 0 Å². The van der Waals surface area contributed by atoms with Crippen molar-refractivity contribution in [3.05, 3.63) is 42.5 Å². The number of likely N-dealkylation sites (N-methyl/N-ethyl adjacent to an activating group) is 1. The maximum absolute atomic E-state index is 13.0. The molecule has 2 heterocycles. The molecule has 1 aliphatic heterocycles. The molecule has 1 saturated heterocycles. The molecule has 4 rings (SSSR count). The van der Waals surface area contributed by atoms with Gasteiger partial charge in [0, 0.05) is 12.6 Å². The van der Waals surface area contributed by atoms with Crippen molar-refractivity contribution in [2.24, 2.45) is 0 Å². The fourth-order valence-corrected chi connectivity index (χ4v) is 3.48. The summed E-state index contributed by atoms with van der Waals surface area (Å²) in [6, 6.07) is 8.72. The first kappa shape index (κ1) is 15.3. The monoisotopic (exact) mass is 325 g/mol. The Hall–Kier alpha value is -2.21. The summed E-state index contributed by atoms with van der Waals surface area (Å²) in [7, 11) is 2.06. The van der Waals surface area contributed by atoms with Gasteiger partial charge in [-0.15, -0.1) is 0 Å². The van der Waals surface area contributed by atoms with Gasteiger partial charge in [0.2, 0.25) is 5.91 Å². The summed E-state index contributed by atoms with van der Waals surface area (Å²) in [6.45, 7) is 1.73. The van der Waals surface area contributed by atoms with Crippen LogP contribution in [0.25, 0.3) is 5.69 Å². The lowest BCUT2D eigenvalue weighted by Gasteiger charge is -2.28. The third-order valence-electron chi connectivity index (χ3n) is 5.05. The van der Waals surface area contributed by atoms with Crippen LogP contribution in [0, 0.1) is 0 Å². The van der Waals surface area contributed by atoms with E-state index < -0.39 is 0 Å². The normalized spacial score (nSPS) is 21.1. The summed E-state index contributed by atoms with van der Waals surface area (Å²) < 4.78 is 1.74. The average Bonchev–Trinajstić information content (AvgIpc) is 3.10. The van der Waals surface area contributed by atoms with Gasteiger partial charge in [0.1, 0.15) is 12.7 Å². The fraction of sp³-hybridized carbons (Fsp3) is 0.500. The second-order valence-corrected chi connectivity index (χ2v) is 6.84. The molecule has 6 heteroatoms. The Morgan fingerprint density at radius 1 is 1.25 bits per heavy atom. The quantitative estimate of drug-likeness (QED) is 0.842. The molecule has 6 nitrogen and oxygen atoms in total. The van der Waals surface area contributed by atoms with Gasteiger partial charge in [-0.1, -0.05) is 12.1 Å². The van der Waals surface area contributed by atoms with E-state index in [2.05, 4.69) is 39.1 Å². The fourth-order valence-electron chi connectivity index (χ4n) is 3.48. The molecule has 2 aliphatic rings. The van der Waals surface area contributed by atoms with E-state index in [4.69, 9.17) is 0 Å². The highest BCUT2D eigenvalue weighted by Gasteiger charge is 2.38. The topological polar surface area (TPSA) is 54.3 Å². The minimum absolute atomic E-state index is 0.0695. The molecule has 24 heavy (non-hydrogen) atoms. The Morgan fingerprint density at radius 2 is 2.04 bits per heavy atom. The lowest BCUT2D eigenvalue weighted by molar-refractivity contribution is -0.136. The van der Waals surface area contributed by atoms with Crippen molar-refractivity contribution in [3.8, 4) is 5.69 Å². The number of likely N-dealkylation sites (tertiary alicyclic amines) is 1. The lowest BCUT2D eigenvalue weighted by atomic mass is 10.1. The summed E-state index contributed by atoms with van der Waals surface area (Å²) in [4.78, 5) is 21.2. The third kappa shape index (κ3) is 3.06. The zero-order valence-electron chi connectivity index (χ0n) is 14.0. The van der Waals surface area contributed by atoms with Gasteiger partial charge in [-0.05, 0) is 57.0 Å². The van der Waals surface area contributed by atoms with Crippen LogP contribution in [0.4, 0.5) is 0 Å². The van der Waals surface area contributed by atoms with Crippen LogP contribution < -0.4 is 0 Å². The van der Waals surface area contributed by atoms with Gasteiger partial charge < -0.3 is 4.90 Å². The van der Waals surface area contributed by atoms with E-state index in [0.29, 0.717) is 18.5 Å². The number of hydrogen-bond acceptors (Lipinski definition) is 4. The summed E-state index contributed by atoms with van der Waals surface area (Å²) >= 11 is 0. The smallest absolute Gasteiger partial charge is 0.240 e. The van der Waals surface area contributed by atoms with Crippen molar-refractivity contribution in [1.82, 2.24) is 24.6 Å². The molecule has 0 radical (unpaired) electrons. The van der Waals surface area contributed by atoms with Gasteiger partial charge in [0.15, 0.2) is 0 Å². The van der Waals surface area contributed by atoms with Gasteiger partial charge in [-0.3, -0.25) is 9.69 Å². The van der Waals surface area contributed by atoms with E-state index in [1.54, 1.807) is 11.0 Å². The van der Waals surface area contributed by atoms with Gasteiger partial charge >= 0.3 is 0 Å². The first-order valence-corrected chi connectivity index (χ1v) is 8.67. The molecule has 1 unspecified atom stereocenters. The predicted molar refractivity (Wildman–Crippen MR) is 90.6 cm³/mol. The Kier molecular flexibility index (Phi) is 4.06. The maximum Gasteiger partial charge on any atom is 0.240 e. The average molecular weight is 325 g/mol. The number of rotatable bonds is 5. The van der Waals surface area contributed by atoms with E-state index in [1.807, 2.05) is 12.1 Å². The number of nitrogens with zero attached hydrogens (tertiary/aromatic N) is 5. The van der Waals surface area contributed by atoms with Crippen LogP contribution in [0.1, 0.15) is 31.2 Å². The van der Waals surface area contributed by atoms with Gasteiger partial charge in [-0.2, -0.15) is 5.10 Å². The first-order valence-electron chi connectivity index (χ1n) is 8.67. The molecule has 1 aromatic carbocycles. The Labute approximate surface area is 142 Å². The third-order valence-corrected chi connectivity index (χ3v) is 5.05. The van der Waals surface area contributed by atoms with Gasteiger partial charge in [0.25, 0.3) is 0 Å². The first-order chi connectivity index (χ1) is 11.7. The highest BCUT2D eigenvalue weighted by molar-refractivity contribution is 5.82. The molecule has 1 saturated carbocycles. The molecule has 0 bridgehead atoms. The number of hydrogen-bond donors (Lipinski definition) is 0. The molecule has 0 N–H and O–H groups in total. The number of carbonyl (C=O) groups excluding carboxylic acids is 1. The Bertz CT molecular complexity index is 693. The molecule has 2 fully saturated rings. The molecule has 1 aromatic heterocycles. The van der Waals surface area contributed by atoms with E-state index >= 15 is 0 Å². The van der Waals surface area contributed by atoms with Gasteiger partial charge in [-0.25, -0.2) is 9.67 Å². The van der Waals surface area contributed by atoms with Crippen LogP contribution in [-0.2, 0) is 11.3 Å². The van der Waals surface area contributed by atoms with Crippen molar-refractivity contribution >= 4 is 5.91 Å². The summed E-state index contributed by atoms with van der Waals surface area (Å²) in [5.74, 6) is 0.304. The highest BCUT2D eigenvalue weighted by atomic mass is 16.2. The van der Waals surface area contributed by atoms with Crippen molar-refractivity contribution in [2.75, 3.05) is 13.6 Å². The molecule has 2 aromatic rings. The minimum atomic E-state index is 0.0695. The highest BCUT2D eigenvalue weighted by Crippen LogP contribution is 2.31. The largest absolute Gasteiger partial charge is 0.334 e. The van der Waals surface area contributed by atoms with Crippen molar-refractivity contribution < 1.29 is 4.79 Å². The zero-order chi connectivity index (χ0) is 16.5. The molecule has 0 spiro atoms. The SMILES string of the molecule is CN1CCCC1C(=O)N(Cc1ccc(-n2cncn2)cc1)C1CC1. The van der Waals surface area contributed by atoms with Crippen molar-refractivity contribution in [3.63, 3.8) is 0 Å². The minimum Gasteiger partial charge on any atom is -0.334 e. The van der Waals surface area contributed by atoms with Crippen LogP contribution in [0.5, 0.6) is 0 Å². The van der Waals surface area contributed by atoms with Crippen molar-refractivity contribution in [1.29, 1.82) is 0 Å². The summed E-state index contributed by atoms with van der Waals surface area (Å²) in [5.41, 5.74) is 2.15. The van der Waals surface area contributed by atoms with Crippen LogP contribution in [0.3, 0.4) is 0 Å². The molecule has 1 amide bonds. The zero-order valence-corrected chi connectivity index (χ0v) is 14.0. The molecular weight excluding hydrogens is 302 g/mol. The lowest BCUT2D eigenvalue weighted by Crippen LogP contribution is -2.45. The van der Waals surface area contributed by atoms with Crippen LogP contribution in [-0.4, -0.2) is 56.1 Å². The second kappa shape index (κ2) is 6.36. The van der Waals surface area contributed by atoms with E-state index in [-0.39, 0.29) is 6.04 Å². The van der Waals surface area contributed by atoms with E-state index in [9.17, 15) is 4.79 Å². The molecule has 1 aliphatic carbocycles. The molecule has 126 valence electrons. The number of amides is 1. The molecule has 1 atom stereocenters. The van der Waals surface area contributed by atoms with E-state index in [1.165, 1.54) is 11.9 Å². The number of benzene rings is 1. The Morgan fingerprint density at radius 3 is 2.62 bits per heavy atom. The predicted octanol–water partition coefficient (Wildman–Crippen LogP) is 1.85. The summed E-state index contributed by atoms with van der Waals surface area (Å²) in [6.07, 6.45) is 7.60. The van der Waals surface area contributed by atoms with E-state index in [0.717, 1.165) is 37.9 Å². The maximum atomic E-state index is 13.0. The second-order valence-electron chi connectivity index (χ2n) is 6.84. The molecular formula is C18H23N5O. The van der Waals surface area contributed by atoms with Crippen molar-refractivity contribution in [2.45, 2.75) is 44.3 Å². The standard InChI is InChI=1S/C18H23N5O/c1-21-10-2-3-17(21)18(24)22(15-8-9-15)11-14-4-6-16(7-5-14)23-13-19-12-20-23/h4-7,12-13,15,17H,2-3,8-11H2,1H3. The van der Waals surface area contributed by atoms with Crippen LogP contribution >= 0.6 is 0 Å². The number of carbonyl (C=O) groups is 1. The summed E-state index contributed by atoms with van der Waals surface area (Å²) in [5, 5.41) is 4.14. The number of aromatic nitrogens is 3.